The molecule has 2 aromatic carbocycles. The van der Waals surface area contributed by atoms with E-state index in [4.69, 9.17) is 9.47 Å². The lowest BCUT2D eigenvalue weighted by molar-refractivity contribution is -0.137. The lowest BCUT2D eigenvalue weighted by atomic mass is 10.1. The van der Waals surface area contributed by atoms with Crippen LogP contribution in [-0.4, -0.2) is 12.5 Å². The van der Waals surface area contributed by atoms with Crippen LogP contribution in [0.2, 0.25) is 0 Å². The Hall–Kier alpha value is -2.96. The van der Waals surface area contributed by atoms with Crippen LogP contribution in [0.4, 0.5) is 13.2 Å². The molecule has 0 spiro atoms. The maximum atomic E-state index is 12.6. The summed E-state index contributed by atoms with van der Waals surface area (Å²) < 4.78 is 49.2. The molecule has 0 fully saturated rings. The molecule has 1 aliphatic heterocycles. The van der Waals surface area contributed by atoms with Crippen molar-refractivity contribution >= 4 is 5.91 Å². The highest BCUT2D eigenvalue weighted by Gasteiger charge is 2.30. The highest BCUT2D eigenvalue weighted by molar-refractivity contribution is 5.87. The first-order valence-corrected chi connectivity index (χ1v) is 7.83. The van der Waals surface area contributed by atoms with Crippen LogP contribution in [0.5, 0.6) is 17.2 Å². The van der Waals surface area contributed by atoms with Crippen molar-refractivity contribution in [2.24, 2.45) is 0 Å². The zero-order valence-electron chi connectivity index (χ0n) is 13.9. The van der Waals surface area contributed by atoms with Crippen molar-refractivity contribution in [1.29, 1.82) is 0 Å². The van der Waals surface area contributed by atoms with E-state index in [1.807, 2.05) is 0 Å². The largest absolute Gasteiger partial charge is 0.491 e. The van der Waals surface area contributed by atoms with Gasteiger partial charge >= 0.3 is 6.18 Å². The van der Waals surface area contributed by atoms with E-state index in [-0.39, 0.29) is 24.3 Å². The molecule has 3 rings (SSSR count). The van der Waals surface area contributed by atoms with Crippen molar-refractivity contribution in [3.63, 3.8) is 0 Å². The van der Waals surface area contributed by atoms with E-state index in [9.17, 15) is 18.0 Å². The molecule has 1 N–H and O–H groups in total. The zero-order valence-corrected chi connectivity index (χ0v) is 13.9. The highest BCUT2D eigenvalue weighted by Crippen LogP contribution is 2.39. The van der Waals surface area contributed by atoms with Crippen LogP contribution < -0.4 is 14.8 Å². The van der Waals surface area contributed by atoms with Gasteiger partial charge in [-0.05, 0) is 55.0 Å². The number of aryl methyl sites for hydroxylation is 1. The maximum absolute atomic E-state index is 12.6. The van der Waals surface area contributed by atoms with Crippen LogP contribution in [0.25, 0.3) is 0 Å². The second-order valence-electron chi connectivity index (χ2n) is 5.86. The fourth-order valence-electron chi connectivity index (χ4n) is 2.64. The molecular formula is C19H16F3NO3. The van der Waals surface area contributed by atoms with Crippen LogP contribution in [0, 0.1) is 6.92 Å². The van der Waals surface area contributed by atoms with Gasteiger partial charge in [0.2, 0.25) is 5.91 Å². The molecule has 0 aliphatic carbocycles. The van der Waals surface area contributed by atoms with Gasteiger partial charge in [0.05, 0.1) is 11.6 Å². The monoisotopic (exact) mass is 363 g/mol. The molecule has 2 aromatic rings. The molecule has 1 atom stereocenters. The Morgan fingerprint density at radius 1 is 1.31 bits per heavy atom. The summed E-state index contributed by atoms with van der Waals surface area (Å²) in [6, 6.07) is 7.62. The topological polar surface area (TPSA) is 47.6 Å². The second kappa shape index (κ2) is 6.74. The molecule has 1 amide bonds. The fourth-order valence-corrected chi connectivity index (χ4v) is 2.64. The van der Waals surface area contributed by atoms with Crippen molar-refractivity contribution < 1.29 is 27.4 Å². The Balaban J connectivity index is 1.84. The average Bonchev–Trinajstić information content (AvgIpc) is 2.96. The van der Waals surface area contributed by atoms with Gasteiger partial charge in [-0.15, -0.1) is 0 Å². The number of carbonyl (C=O) groups excluding carboxylic acids is 1. The van der Waals surface area contributed by atoms with Crippen LogP contribution in [-0.2, 0) is 11.0 Å². The van der Waals surface area contributed by atoms with Crippen molar-refractivity contribution in [3.05, 3.63) is 65.7 Å². The summed E-state index contributed by atoms with van der Waals surface area (Å²) in [5, 5.41) is 2.76. The first-order chi connectivity index (χ1) is 12.3. The standard InChI is InChI=1S/C19H16F3NO3/c1-3-18(24)23-15-10-25-17-8-11(2)16(9-14(15)17)26-13-6-4-12(5-7-13)19(20,21)22/h3-9,15H,1,10H2,2H3,(H,23,24). The lowest BCUT2D eigenvalue weighted by Crippen LogP contribution is -2.27. The Kier molecular flexibility index (Phi) is 4.63. The predicted molar refractivity (Wildman–Crippen MR) is 89.3 cm³/mol. The number of nitrogens with one attached hydrogen (secondary N) is 1. The molecule has 0 bridgehead atoms. The van der Waals surface area contributed by atoms with Gasteiger partial charge in [0, 0.05) is 5.56 Å². The summed E-state index contributed by atoms with van der Waals surface area (Å²) in [7, 11) is 0. The number of amides is 1. The summed E-state index contributed by atoms with van der Waals surface area (Å²) in [5.74, 6) is 1.08. The Morgan fingerprint density at radius 2 is 2.00 bits per heavy atom. The molecule has 1 aliphatic rings. The summed E-state index contributed by atoms with van der Waals surface area (Å²) in [5.41, 5.74) is 0.767. The quantitative estimate of drug-likeness (QED) is 0.811. The van der Waals surface area contributed by atoms with Crippen molar-refractivity contribution in [2.75, 3.05) is 6.61 Å². The SMILES string of the molecule is C=CC(=O)NC1COc2cc(C)c(Oc3ccc(C(F)(F)F)cc3)cc21. The van der Waals surface area contributed by atoms with E-state index >= 15 is 0 Å². The molecule has 136 valence electrons. The third kappa shape index (κ3) is 3.66. The molecule has 0 saturated heterocycles. The minimum atomic E-state index is -4.39. The average molecular weight is 363 g/mol. The van der Waals surface area contributed by atoms with E-state index in [1.54, 1.807) is 19.1 Å². The minimum Gasteiger partial charge on any atom is -0.491 e. The number of hydrogen-bond donors (Lipinski definition) is 1. The number of carbonyl (C=O) groups is 1. The van der Waals surface area contributed by atoms with E-state index in [1.165, 1.54) is 18.2 Å². The van der Waals surface area contributed by atoms with Crippen LogP contribution >= 0.6 is 0 Å². The van der Waals surface area contributed by atoms with E-state index < -0.39 is 11.7 Å². The number of hydrogen-bond acceptors (Lipinski definition) is 3. The Morgan fingerprint density at radius 3 is 2.62 bits per heavy atom. The maximum Gasteiger partial charge on any atom is 0.416 e. The fraction of sp³-hybridized carbons (Fsp3) is 0.211. The van der Waals surface area contributed by atoms with Gasteiger partial charge in [-0.3, -0.25) is 4.79 Å². The minimum absolute atomic E-state index is 0.284. The number of ether oxygens (including phenoxy) is 2. The van der Waals surface area contributed by atoms with Crippen LogP contribution in [0.3, 0.4) is 0 Å². The summed E-state index contributed by atoms with van der Waals surface area (Å²) >= 11 is 0. The number of benzene rings is 2. The van der Waals surface area contributed by atoms with Crippen molar-refractivity contribution in [1.82, 2.24) is 5.32 Å². The second-order valence-corrected chi connectivity index (χ2v) is 5.86. The summed E-state index contributed by atoms with van der Waals surface area (Å²) in [4.78, 5) is 11.5. The summed E-state index contributed by atoms with van der Waals surface area (Å²) in [6.07, 6.45) is -3.22. The third-order valence-electron chi connectivity index (χ3n) is 4.00. The first-order valence-electron chi connectivity index (χ1n) is 7.83. The van der Waals surface area contributed by atoms with Gasteiger partial charge in [0.15, 0.2) is 0 Å². The third-order valence-corrected chi connectivity index (χ3v) is 4.00. The molecule has 0 saturated carbocycles. The number of alkyl halides is 3. The first kappa shape index (κ1) is 17.8. The van der Waals surface area contributed by atoms with E-state index in [0.717, 1.165) is 23.3 Å². The number of rotatable bonds is 4. The summed E-state index contributed by atoms with van der Waals surface area (Å²) in [6.45, 7) is 5.51. The zero-order chi connectivity index (χ0) is 18.9. The molecule has 0 aromatic heterocycles. The highest BCUT2D eigenvalue weighted by atomic mass is 19.4. The van der Waals surface area contributed by atoms with Gasteiger partial charge in [-0.2, -0.15) is 13.2 Å². The molecule has 4 nitrogen and oxygen atoms in total. The van der Waals surface area contributed by atoms with E-state index in [2.05, 4.69) is 11.9 Å². The number of halogens is 3. The Bertz CT molecular complexity index is 844. The molecule has 26 heavy (non-hydrogen) atoms. The Labute approximate surface area is 148 Å². The molecule has 0 radical (unpaired) electrons. The van der Waals surface area contributed by atoms with Crippen molar-refractivity contribution in [2.45, 2.75) is 19.1 Å². The van der Waals surface area contributed by atoms with Gasteiger partial charge in [-0.25, -0.2) is 0 Å². The smallest absolute Gasteiger partial charge is 0.416 e. The molecule has 1 heterocycles. The van der Waals surface area contributed by atoms with Gasteiger partial charge in [-0.1, -0.05) is 6.58 Å². The molecule has 1 unspecified atom stereocenters. The van der Waals surface area contributed by atoms with Gasteiger partial charge in [0.25, 0.3) is 0 Å². The van der Waals surface area contributed by atoms with Crippen LogP contribution in [0.1, 0.15) is 22.7 Å². The number of fused-ring (bicyclic) bond motifs is 1. The lowest BCUT2D eigenvalue weighted by Gasteiger charge is -2.14. The van der Waals surface area contributed by atoms with Crippen molar-refractivity contribution in [3.8, 4) is 17.2 Å². The molecular weight excluding hydrogens is 347 g/mol. The van der Waals surface area contributed by atoms with Gasteiger partial charge in [0.1, 0.15) is 23.9 Å². The predicted octanol–water partition coefficient (Wildman–Crippen LogP) is 4.54. The van der Waals surface area contributed by atoms with E-state index in [0.29, 0.717) is 11.5 Å². The van der Waals surface area contributed by atoms with Gasteiger partial charge < -0.3 is 14.8 Å². The normalized spacial score (nSPS) is 15.8. The van der Waals surface area contributed by atoms with Crippen LogP contribution in [0.15, 0.2) is 49.1 Å². The molecule has 7 heteroatoms.